The molecule has 1 saturated heterocycles. The van der Waals surface area contributed by atoms with Gasteiger partial charge in [-0.05, 0) is 24.1 Å². The topological polar surface area (TPSA) is 104 Å². The smallest absolute Gasteiger partial charge is 0.319 e. The molecule has 25 heavy (non-hydrogen) atoms. The number of carbonyl (C=O) groups is 2. The van der Waals surface area contributed by atoms with Crippen LogP contribution in [-0.2, 0) is 6.42 Å². The molecule has 0 spiro atoms. The van der Waals surface area contributed by atoms with Crippen molar-refractivity contribution in [2.24, 2.45) is 0 Å². The van der Waals surface area contributed by atoms with E-state index in [-0.39, 0.29) is 12.1 Å². The first kappa shape index (κ1) is 16.7. The van der Waals surface area contributed by atoms with Gasteiger partial charge in [0.05, 0.1) is 5.69 Å². The number of nitrogens with one attached hydrogen (secondary N) is 3. The maximum Gasteiger partial charge on any atom is 0.319 e. The summed E-state index contributed by atoms with van der Waals surface area (Å²) < 4.78 is 1.77. The fourth-order valence-electron chi connectivity index (χ4n) is 2.68. The third-order valence-corrected chi connectivity index (χ3v) is 4.05. The number of carbonyl (C=O) groups excluding carboxylic acids is 2. The standard InChI is InChI=1S/C16H21N7O2/c1-2-12-3-4-13(23-10-19-20-11-23)9-14(12)21-15(24)17-5-7-22-8-6-18-16(22)25/h3-4,9-11H,2,5-8H2,1H3,(H,18,25)(H2,17,21,24). The highest BCUT2D eigenvalue weighted by molar-refractivity contribution is 5.90. The lowest BCUT2D eigenvalue weighted by atomic mass is 10.1. The lowest BCUT2D eigenvalue weighted by molar-refractivity contribution is 0.216. The highest BCUT2D eigenvalue weighted by Crippen LogP contribution is 2.20. The maximum absolute atomic E-state index is 12.2. The monoisotopic (exact) mass is 343 g/mol. The fraction of sp³-hybridized carbons (Fsp3) is 0.375. The molecule has 1 aromatic carbocycles. The Kier molecular flexibility index (Phi) is 5.12. The highest BCUT2D eigenvalue weighted by Gasteiger charge is 2.18. The number of aromatic nitrogens is 3. The normalized spacial score (nSPS) is 13.6. The van der Waals surface area contributed by atoms with Crippen molar-refractivity contribution < 1.29 is 9.59 Å². The van der Waals surface area contributed by atoms with Crippen molar-refractivity contribution in [3.8, 4) is 5.69 Å². The van der Waals surface area contributed by atoms with E-state index >= 15 is 0 Å². The molecule has 1 aromatic heterocycles. The fourth-order valence-corrected chi connectivity index (χ4v) is 2.68. The quantitative estimate of drug-likeness (QED) is 0.727. The summed E-state index contributed by atoms with van der Waals surface area (Å²) in [6, 6.07) is 5.43. The first-order valence-electron chi connectivity index (χ1n) is 8.23. The predicted octanol–water partition coefficient (Wildman–Crippen LogP) is 0.976. The number of benzene rings is 1. The van der Waals surface area contributed by atoms with Crippen LogP contribution in [0.25, 0.3) is 5.69 Å². The van der Waals surface area contributed by atoms with Crippen LogP contribution in [0.15, 0.2) is 30.9 Å². The lowest BCUT2D eigenvalue weighted by Gasteiger charge is -2.16. The summed E-state index contributed by atoms with van der Waals surface area (Å²) in [6.07, 6.45) is 4.00. The number of hydrogen-bond donors (Lipinski definition) is 3. The maximum atomic E-state index is 12.2. The van der Waals surface area contributed by atoms with Crippen LogP contribution in [0, 0.1) is 0 Å². The first-order valence-corrected chi connectivity index (χ1v) is 8.23. The summed E-state index contributed by atoms with van der Waals surface area (Å²) >= 11 is 0. The molecule has 4 amide bonds. The number of hydrogen-bond acceptors (Lipinski definition) is 4. The molecule has 0 aliphatic carbocycles. The van der Waals surface area contributed by atoms with E-state index in [1.807, 2.05) is 25.1 Å². The number of nitrogens with zero attached hydrogens (tertiary/aromatic N) is 4. The van der Waals surface area contributed by atoms with Crippen molar-refractivity contribution in [3.05, 3.63) is 36.4 Å². The summed E-state index contributed by atoms with van der Waals surface area (Å²) in [5.74, 6) is 0. The molecule has 9 nitrogen and oxygen atoms in total. The first-order chi connectivity index (χ1) is 12.2. The van der Waals surface area contributed by atoms with Gasteiger partial charge < -0.3 is 20.9 Å². The van der Waals surface area contributed by atoms with Crippen LogP contribution in [-0.4, -0.2) is 57.9 Å². The second-order valence-corrected chi connectivity index (χ2v) is 5.66. The number of amides is 4. The average Bonchev–Trinajstić information content (AvgIpc) is 3.27. The van der Waals surface area contributed by atoms with Crippen LogP contribution in [0.1, 0.15) is 12.5 Å². The third kappa shape index (κ3) is 4.06. The van der Waals surface area contributed by atoms with Crippen molar-refractivity contribution in [3.63, 3.8) is 0 Å². The van der Waals surface area contributed by atoms with Crippen molar-refractivity contribution in [1.29, 1.82) is 0 Å². The van der Waals surface area contributed by atoms with E-state index in [0.29, 0.717) is 26.2 Å². The van der Waals surface area contributed by atoms with Gasteiger partial charge in [-0.15, -0.1) is 10.2 Å². The molecule has 1 aliphatic rings. The largest absolute Gasteiger partial charge is 0.336 e. The van der Waals surface area contributed by atoms with Crippen molar-refractivity contribution in [2.75, 3.05) is 31.5 Å². The van der Waals surface area contributed by atoms with Gasteiger partial charge in [-0.2, -0.15) is 0 Å². The molecule has 1 fully saturated rings. The van der Waals surface area contributed by atoms with Gasteiger partial charge in [-0.1, -0.05) is 13.0 Å². The van der Waals surface area contributed by atoms with Gasteiger partial charge in [0, 0.05) is 31.9 Å². The minimum absolute atomic E-state index is 0.0860. The summed E-state index contributed by atoms with van der Waals surface area (Å²) in [6.45, 7) is 4.24. The van der Waals surface area contributed by atoms with Gasteiger partial charge in [0.2, 0.25) is 0 Å². The molecule has 0 unspecified atom stereocenters. The van der Waals surface area contributed by atoms with Gasteiger partial charge in [0.1, 0.15) is 12.7 Å². The Morgan fingerprint density at radius 1 is 1.32 bits per heavy atom. The number of anilines is 1. The lowest BCUT2D eigenvalue weighted by Crippen LogP contribution is -2.38. The molecule has 0 atom stereocenters. The van der Waals surface area contributed by atoms with Crippen LogP contribution in [0.5, 0.6) is 0 Å². The molecular weight excluding hydrogens is 322 g/mol. The van der Waals surface area contributed by atoms with E-state index in [1.165, 1.54) is 0 Å². The highest BCUT2D eigenvalue weighted by atomic mass is 16.2. The summed E-state index contributed by atoms with van der Waals surface area (Å²) in [5, 5.41) is 16.0. The molecule has 9 heteroatoms. The molecule has 2 aromatic rings. The van der Waals surface area contributed by atoms with E-state index in [1.54, 1.807) is 22.1 Å². The molecular formula is C16H21N7O2. The Morgan fingerprint density at radius 3 is 2.80 bits per heavy atom. The van der Waals surface area contributed by atoms with E-state index in [4.69, 9.17) is 0 Å². The Bertz CT molecular complexity index is 745. The second-order valence-electron chi connectivity index (χ2n) is 5.66. The molecule has 3 rings (SSSR count). The summed E-state index contributed by atoms with van der Waals surface area (Å²) in [4.78, 5) is 25.3. The van der Waals surface area contributed by atoms with Crippen molar-refractivity contribution in [1.82, 2.24) is 30.3 Å². The third-order valence-electron chi connectivity index (χ3n) is 4.05. The van der Waals surface area contributed by atoms with Crippen molar-refractivity contribution in [2.45, 2.75) is 13.3 Å². The zero-order valence-electron chi connectivity index (χ0n) is 14.0. The minimum atomic E-state index is -0.296. The van der Waals surface area contributed by atoms with Crippen LogP contribution in [0.3, 0.4) is 0 Å². The molecule has 0 bridgehead atoms. The number of urea groups is 2. The van der Waals surface area contributed by atoms with E-state index < -0.39 is 0 Å². The molecule has 2 heterocycles. The number of rotatable bonds is 6. The second kappa shape index (κ2) is 7.65. The number of aryl methyl sites for hydroxylation is 1. The van der Waals surface area contributed by atoms with E-state index in [2.05, 4.69) is 26.1 Å². The van der Waals surface area contributed by atoms with Crippen LogP contribution >= 0.6 is 0 Å². The zero-order chi connectivity index (χ0) is 17.6. The SMILES string of the molecule is CCc1ccc(-n2cnnc2)cc1NC(=O)NCCN1CCNC1=O. The Hall–Kier alpha value is -3.10. The average molecular weight is 343 g/mol. The van der Waals surface area contributed by atoms with Gasteiger partial charge in [-0.25, -0.2) is 9.59 Å². The Labute approximate surface area is 145 Å². The van der Waals surface area contributed by atoms with Gasteiger partial charge in [-0.3, -0.25) is 4.57 Å². The Balaban J connectivity index is 1.59. The molecule has 132 valence electrons. The zero-order valence-corrected chi connectivity index (χ0v) is 14.0. The molecule has 3 N–H and O–H groups in total. The van der Waals surface area contributed by atoms with Crippen molar-refractivity contribution >= 4 is 17.7 Å². The summed E-state index contributed by atoms with van der Waals surface area (Å²) in [5.41, 5.74) is 2.64. The Morgan fingerprint density at radius 2 is 2.12 bits per heavy atom. The van der Waals surface area contributed by atoms with Gasteiger partial charge in [0.15, 0.2) is 0 Å². The van der Waals surface area contributed by atoms with Crippen LogP contribution in [0.4, 0.5) is 15.3 Å². The van der Waals surface area contributed by atoms with E-state index in [0.717, 1.165) is 23.4 Å². The summed E-state index contributed by atoms with van der Waals surface area (Å²) in [7, 11) is 0. The molecule has 0 saturated carbocycles. The van der Waals surface area contributed by atoms with Gasteiger partial charge in [0.25, 0.3) is 0 Å². The molecule has 0 radical (unpaired) electrons. The minimum Gasteiger partial charge on any atom is -0.336 e. The van der Waals surface area contributed by atoms with E-state index in [9.17, 15) is 9.59 Å². The van der Waals surface area contributed by atoms with Crippen LogP contribution < -0.4 is 16.0 Å². The van der Waals surface area contributed by atoms with Crippen LogP contribution in [0.2, 0.25) is 0 Å². The van der Waals surface area contributed by atoms with Gasteiger partial charge >= 0.3 is 12.1 Å². The predicted molar refractivity (Wildman–Crippen MR) is 92.7 cm³/mol. The molecule has 1 aliphatic heterocycles.